The second-order valence-corrected chi connectivity index (χ2v) is 4.81. The second-order valence-electron chi connectivity index (χ2n) is 4.00. The van der Waals surface area contributed by atoms with Gasteiger partial charge in [0.2, 0.25) is 0 Å². The van der Waals surface area contributed by atoms with Gasteiger partial charge in [-0.25, -0.2) is 0 Å². The molecule has 0 amide bonds. The molecule has 0 radical (unpaired) electrons. The Kier molecular flexibility index (Phi) is 5.46. The Morgan fingerprint density at radius 1 is 1.44 bits per heavy atom. The topological polar surface area (TPSA) is 61.1 Å². The van der Waals surface area contributed by atoms with Crippen molar-refractivity contribution in [2.75, 3.05) is 0 Å². The molecule has 0 aromatic heterocycles. The van der Waals surface area contributed by atoms with Crippen LogP contribution in [0.5, 0.6) is 0 Å². The molecule has 0 aliphatic rings. The molecule has 5 heteroatoms. The van der Waals surface area contributed by atoms with E-state index in [1.165, 1.54) is 0 Å². The van der Waals surface area contributed by atoms with E-state index in [1.807, 2.05) is 0 Å². The lowest BCUT2D eigenvalue weighted by Gasteiger charge is -2.16. The van der Waals surface area contributed by atoms with Crippen LogP contribution in [0, 0.1) is 17.2 Å². The van der Waals surface area contributed by atoms with Gasteiger partial charge in [0.15, 0.2) is 0 Å². The average Bonchev–Trinajstić information content (AvgIpc) is 2.32. The van der Waals surface area contributed by atoms with Crippen molar-refractivity contribution in [3.8, 4) is 6.07 Å². The van der Waals surface area contributed by atoms with E-state index in [0.717, 1.165) is 0 Å². The molecule has 1 aromatic carbocycles. The van der Waals surface area contributed by atoms with E-state index in [0.29, 0.717) is 22.0 Å². The summed E-state index contributed by atoms with van der Waals surface area (Å²) in [4.78, 5) is 11.0. The van der Waals surface area contributed by atoms with Gasteiger partial charge >= 0.3 is 5.97 Å². The molecule has 2 unspecified atom stereocenters. The maximum Gasteiger partial charge on any atom is 0.306 e. The largest absolute Gasteiger partial charge is 0.481 e. The van der Waals surface area contributed by atoms with Gasteiger partial charge in [-0.15, -0.1) is 0 Å². The molecule has 0 aliphatic carbocycles. The summed E-state index contributed by atoms with van der Waals surface area (Å²) in [6, 6.07) is 7.07. The molecular weight excluding hydrogens is 273 g/mol. The molecule has 0 saturated carbocycles. The Balaban J connectivity index is 3.04. The average molecular weight is 286 g/mol. The Morgan fingerprint density at radius 3 is 2.39 bits per heavy atom. The van der Waals surface area contributed by atoms with Crippen LogP contribution in [0.15, 0.2) is 18.2 Å². The molecule has 1 aromatic rings. The fourth-order valence-electron chi connectivity index (χ4n) is 1.81. The van der Waals surface area contributed by atoms with Crippen molar-refractivity contribution in [2.45, 2.75) is 25.7 Å². The highest BCUT2D eigenvalue weighted by atomic mass is 35.5. The van der Waals surface area contributed by atoms with Crippen LogP contribution in [0.1, 0.15) is 31.2 Å². The van der Waals surface area contributed by atoms with Crippen LogP contribution in [0.3, 0.4) is 0 Å². The van der Waals surface area contributed by atoms with E-state index in [9.17, 15) is 10.1 Å². The molecule has 0 saturated heterocycles. The van der Waals surface area contributed by atoms with Crippen molar-refractivity contribution in [2.24, 2.45) is 5.92 Å². The molecule has 0 spiro atoms. The van der Waals surface area contributed by atoms with E-state index < -0.39 is 17.8 Å². The van der Waals surface area contributed by atoms with Gasteiger partial charge in [-0.1, -0.05) is 36.2 Å². The van der Waals surface area contributed by atoms with Gasteiger partial charge in [0.1, 0.15) is 0 Å². The predicted molar refractivity (Wildman–Crippen MR) is 70.8 cm³/mol. The smallest absolute Gasteiger partial charge is 0.306 e. The van der Waals surface area contributed by atoms with Crippen molar-refractivity contribution in [3.63, 3.8) is 0 Å². The summed E-state index contributed by atoms with van der Waals surface area (Å²) in [7, 11) is 0. The summed E-state index contributed by atoms with van der Waals surface area (Å²) >= 11 is 12.1. The Hall–Kier alpha value is -1.24. The third kappa shape index (κ3) is 3.38. The van der Waals surface area contributed by atoms with E-state index in [-0.39, 0.29) is 6.42 Å². The molecule has 18 heavy (non-hydrogen) atoms. The quantitative estimate of drug-likeness (QED) is 0.886. The summed E-state index contributed by atoms with van der Waals surface area (Å²) in [6.07, 6.45) is 0.682. The third-order valence-electron chi connectivity index (χ3n) is 2.87. The monoisotopic (exact) mass is 285 g/mol. The lowest BCUT2D eigenvalue weighted by Crippen LogP contribution is -2.16. The number of carboxylic acid groups (broad SMARTS) is 1. The lowest BCUT2D eigenvalue weighted by molar-refractivity contribution is -0.142. The van der Waals surface area contributed by atoms with Crippen LogP contribution >= 0.6 is 23.2 Å². The van der Waals surface area contributed by atoms with Crippen molar-refractivity contribution in [1.82, 2.24) is 0 Å². The van der Waals surface area contributed by atoms with Crippen LogP contribution < -0.4 is 0 Å². The summed E-state index contributed by atoms with van der Waals surface area (Å²) < 4.78 is 0. The predicted octanol–water partition coefficient (Wildman–Crippen LogP) is 4.10. The van der Waals surface area contributed by atoms with E-state index in [2.05, 4.69) is 6.07 Å². The minimum atomic E-state index is -0.902. The number of nitrogens with zero attached hydrogens (tertiary/aromatic N) is 1. The van der Waals surface area contributed by atoms with Crippen LogP contribution in [0.25, 0.3) is 0 Å². The van der Waals surface area contributed by atoms with Crippen molar-refractivity contribution in [1.29, 1.82) is 5.26 Å². The molecule has 1 rings (SSSR count). The number of carbonyl (C=O) groups is 1. The molecule has 3 nitrogen and oxygen atoms in total. The number of hydrogen-bond acceptors (Lipinski definition) is 2. The van der Waals surface area contributed by atoms with Crippen molar-refractivity contribution >= 4 is 29.2 Å². The molecule has 0 heterocycles. The fraction of sp³-hybridized carbons (Fsp3) is 0.385. The fourth-order valence-corrected chi connectivity index (χ4v) is 2.47. The van der Waals surface area contributed by atoms with Crippen LogP contribution in [0.2, 0.25) is 10.0 Å². The Morgan fingerprint density at radius 2 is 2.00 bits per heavy atom. The van der Waals surface area contributed by atoms with Crippen molar-refractivity contribution < 1.29 is 9.90 Å². The number of rotatable bonds is 5. The summed E-state index contributed by atoms with van der Waals surface area (Å²) in [5.74, 6) is -2.07. The number of nitriles is 1. The molecule has 96 valence electrons. The Bertz CT molecular complexity index is 462. The SMILES string of the molecule is CCC(CC(C#N)c1c(Cl)cccc1Cl)C(=O)O. The third-order valence-corrected chi connectivity index (χ3v) is 3.53. The summed E-state index contributed by atoms with van der Waals surface area (Å²) in [5, 5.41) is 19.0. The summed E-state index contributed by atoms with van der Waals surface area (Å²) in [6.45, 7) is 1.78. The minimum Gasteiger partial charge on any atom is -0.481 e. The number of aliphatic carboxylic acids is 1. The minimum absolute atomic E-state index is 0.214. The van der Waals surface area contributed by atoms with Crippen LogP contribution in [0.4, 0.5) is 0 Å². The highest BCUT2D eigenvalue weighted by molar-refractivity contribution is 6.36. The number of halogens is 2. The maximum absolute atomic E-state index is 11.0. The zero-order valence-corrected chi connectivity index (χ0v) is 11.4. The number of carboxylic acids is 1. The highest BCUT2D eigenvalue weighted by Gasteiger charge is 2.25. The van der Waals surface area contributed by atoms with Gasteiger partial charge in [0.05, 0.1) is 17.9 Å². The van der Waals surface area contributed by atoms with Gasteiger partial charge < -0.3 is 5.11 Å². The summed E-state index contributed by atoms with van der Waals surface area (Å²) in [5.41, 5.74) is 0.517. The van der Waals surface area contributed by atoms with Crippen molar-refractivity contribution in [3.05, 3.63) is 33.8 Å². The first kappa shape index (κ1) is 14.8. The van der Waals surface area contributed by atoms with Gasteiger partial charge in [-0.2, -0.15) is 5.26 Å². The van der Waals surface area contributed by atoms with Crippen LogP contribution in [-0.2, 0) is 4.79 Å². The highest BCUT2D eigenvalue weighted by Crippen LogP contribution is 2.35. The van der Waals surface area contributed by atoms with Gasteiger partial charge in [-0.3, -0.25) is 4.79 Å². The van der Waals surface area contributed by atoms with Gasteiger partial charge in [-0.05, 0) is 25.0 Å². The molecule has 1 N–H and O–H groups in total. The zero-order valence-electron chi connectivity index (χ0n) is 9.86. The van der Waals surface area contributed by atoms with E-state index in [4.69, 9.17) is 28.3 Å². The number of benzene rings is 1. The normalized spacial score (nSPS) is 13.7. The lowest BCUT2D eigenvalue weighted by atomic mass is 9.88. The molecule has 0 fully saturated rings. The van der Waals surface area contributed by atoms with E-state index in [1.54, 1.807) is 25.1 Å². The van der Waals surface area contributed by atoms with Gasteiger partial charge in [0.25, 0.3) is 0 Å². The first-order valence-corrected chi connectivity index (χ1v) is 6.33. The Labute approximate surface area is 116 Å². The van der Waals surface area contributed by atoms with Crippen LogP contribution in [-0.4, -0.2) is 11.1 Å². The van der Waals surface area contributed by atoms with E-state index >= 15 is 0 Å². The maximum atomic E-state index is 11.0. The molecule has 0 aliphatic heterocycles. The number of hydrogen-bond donors (Lipinski definition) is 1. The zero-order chi connectivity index (χ0) is 13.7. The first-order valence-electron chi connectivity index (χ1n) is 5.57. The second kappa shape index (κ2) is 6.63. The first-order chi connectivity index (χ1) is 8.51. The standard InChI is InChI=1S/C13H13Cl2NO2/c1-2-8(13(17)18)6-9(7-16)12-10(14)4-3-5-11(12)15/h3-5,8-9H,2,6H2,1H3,(H,17,18). The van der Waals surface area contributed by atoms with Gasteiger partial charge in [0, 0.05) is 15.6 Å². The molecule has 0 bridgehead atoms. The molecular formula is C13H13Cl2NO2. The molecule has 2 atom stereocenters.